The first-order valence-corrected chi connectivity index (χ1v) is 8.76. The minimum atomic E-state index is -0.646. The fourth-order valence-corrected chi connectivity index (χ4v) is 5.42. The molecule has 128 valence electrons. The molecule has 0 aliphatic heterocycles. The lowest BCUT2D eigenvalue weighted by Gasteiger charge is -2.58. The van der Waals surface area contributed by atoms with Crippen LogP contribution in [0.25, 0.3) is 0 Å². The van der Waals surface area contributed by atoms with Gasteiger partial charge in [-0.25, -0.2) is 4.79 Å². The molecule has 0 aromatic heterocycles. The van der Waals surface area contributed by atoms with Gasteiger partial charge in [-0.3, -0.25) is 4.79 Å². The number of aliphatic carboxylic acids is 1. The quantitative estimate of drug-likeness (QED) is 0.889. The topological polar surface area (TPSA) is 75.6 Å². The van der Waals surface area contributed by atoms with E-state index in [9.17, 15) is 14.7 Å². The van der Waals surface area contributed by atoms with Crippen molar-refractivity contribution in [2.45, 2.75) is 44.8 Å². The van der Waals surface area contributed by atoms with Gasteiger partial charge in [0.05, 0.1) is 5.41 Å². The molecule has 2 unspecified atom stereocenters. The lowest BCUT2D eigenvalue weighted by atomic mass is 9.48. The van der Waals surface area contributed by atoms with Crippen LogP contribution in [0.1, 0.15) is 37.7 Å². The summed E-state index contributed by atoms with van der Waals surface area (Å²) in [5, 5.41) is 12.7. The van der Waals surface area contributed by atoms with Gasteiger partial charge < -0.3 is 15.2 Å². The van der Waals surface area contributed by atoms with E-state index in [0.29, 0.717) is 18.8 Å². The predicted molar refractivity (Wildman–Crippen MR) is 87.2 cm³/mol. The minimum Gasteiger partial charge on any atom is -0.481 e. The highest BCUT2D eigenvalue weighted by Gasteiger charge is 2.59. The molecule has 0 spiro atoms. The maximum Gasteiger partial charge on any atom is 0.407 e. The molecule has 4 aliphatic rings. The zero-order chi connectivity index (χ0) is 16.7. The Morgan fingerprint density at radius 1 is 1.12 bits per heavy atom. The summed E-state index contributed by atoms with van der Waals surface area (Å²) < 4.78 is 5.34. The van der Waals surface area contributed by atoms with Gasteiger partial charge in [0, 0.05) is 6.04 Å². The van der Waals surface area contributed by atoms with E-state index in [2.05, 4.69) is 5.32 Å². The molecule has 0 saturated heterocycles. The summed E-state index contributed by atoms with van der Waals surface area (Å²) in [6.45, 7) is 0.260. The van der Waals surface area contributed by atoms with E-state index >= 15 is 0 Å². The number of ether oxygens (including phenoxy) is 1. The number of carboxylic acids is 1. The van der Waals surface area contributed by atoms with Gasteiger partial charge in [-0.05, 0) is 55.4 Å². The molecule has 4 aliphatic carbocycles. The summed E-state index contributed by atoms with van der Waals surface area (Å²) in [7, 11) is 0. The van der Waals surface area contributed by atoms with Crippen molar-refractivity contribution in [3.8, 4) is 0 Å². The minimum absolute atomic E-state index is 0.0669. The number of rotatable bonds is 4. The monoisotopic (exact) mass is 329 g/mol. The first-order valence-electron chi connectivity index (χ1n) is 8.76. The van der Waals surface area contributed by atoms with Crippen LogP contribution in [-0.4, -0.2) is 23.2 Å². The Balaban J connectivity index is 1.38. The van der Waals surface area contributed by atoms with Gasteiger partial charge in [-0.1, -0.05) is 30.3 Å². The molecule has 5 nitrogen and oxygen atoms in total. The lowest BCUT2D eigenvalue weighted by molar-refractivity contribution is -0.167. The number of nitrogens with one attached hydrogen (secondary N) is 1. The van der Waals surface area contributed by atoms with Crippen molar-refractivity contribution in [1.82, 2.24) is 5.32 Å². The van der Waals surface area contributed by atoms with Gasteiger partial charge in [-0.2, -0.15) is 0 Å². The van der Waals surface area contributed by atoms with Gasteiger partial charge in [-0.15, -0.1) is 0 Å². The van der Waals surface area contributed by atoms with Crippen molar-refractivity contribution in [2.24, 2.45) is 23.2 Å². The van der Waals surface area contributed by atoms with E-state index in [1.807, 2.05) is 30.3 Å². The molecule has 4 saturated carbocycles. The highest BCUT2D eigenvalue weighted by Crippen LogP contribution is 2.60. The van der Waals surface area contributed by atoms with Crippen molar-refractivity contribution in [3.05, 3.63) is 35.9 Å². The fraction of sp³-hybridized carbons (Fsp3) is 0.579. The largest absolute Gasteiger partial charge is 0.481 e. The van der Waals surface area contributed by atoms with Crippen LogP contribution >= 0.6 is 0 Å². The molecule has 0 radical (unpaired) electrons. The Labute approximate surface area is 141 Å². The second-order valence-electron chi connectivity index (χ2n) is 7.79. The summed E-state index contributed by atoms with van der Waals surface area (Å²) in [6, 6.07) is 9.67. The van der Waals surface area contributed by atoms with Gasteiger partial charge in [0.2, 0.25) is 0 Å². The Kier molecular flexibility index (Phi) is 3.74. The van der Waals surface area contributed by atoms with Crippen molar-refractivity contribution in [2.75, 3.05) is 0 Å². The van der Waals surface area contributed by atoms with Gasteiger partial charge >= 0.3 is 12.1 Å². The van der Waals surface area contributed by atoms with Crippen LogP contribution in [0.5, 0.6) is 0 Å². The summed E-state index contributed by atoms with van der Waals surface area (Å²) in [4.78, 5) is 23.9. The van der Waals surface area contributed by atoms with Crippen LogP contribution in [0.4, 0.5) is 4.79 Å². The second kappa shape index (κ2) is 5.80. The molecular formula is C19H23NO4. The Morgan fingerprint density at radius 3 is 2.42 bits per heavy atom. The third-order valence-electron chi connectivity index (χ3n) is 6.22. The first-order chi connectivity index (χ1) is 11.6. The molecule has 1 amide bonds. The van der Waals surface area contributed by atoms with E-state index < -0.39 is 11.4 Å². The molecule has 0 heterocycles. The maximum absolute atomic E-state index is 12.2. The van der Waals surface area contributed by atoms with Gasteiger partial charge in [0.1, 0.15) is 6.61 Å². The Morgan fingerprint density at radius 2 is 1.79 bits per heavy atom. The zero-order valence-corrected chi connectivity index (χ0v) is 13.6. The fourth-order valence-electron chi connectivity index (χ4n) is 5.42. The number of amides is 1. The van der Waals surface area contributed by atoms with Crippen molar-refractivity contribution >= 4 is 12.1 Å². The van der Waals surface area contributed by atoms with Crippen LogP contribution in [0.3, 0.4) is 0 Å². The molecule has 1 aromatic carbocycles. The summed E-state index contributed by atoms with van der Waals surface area (Å²) >= 11 is 0. The van der Waals surface area contributed by atoms with Crippen molar-refractivity contribution in [3.63, 3.8) is 0 Å². The SMILES string of the molecule is O=C(NC1[C@@H]2C[C@@H]3C[C@H]1CC(C(=O)O)(C3)C2)OCc1ccccc1. The summed E-state index contributed by atoms with van der Waals surface area (Å²) in [5.74, 6) is 0.414. The smallest absolute Gasteiger partial charge is 0.407 e. The van der Waals surface area contributed by atoms with Gasteiger partial charge in [0.25, 0.3) is 0 Å². The summed E-state index contributed by atoms with van der Waals surface area (Å²) in [5.41, 5.74) is 0.422. The third-order valence-corrected chi connectivity index (χ3v) is 6.22. The molecule has 5 rings (SSSR count). The van der Waals surface area contributed by atoms with Crippen LogP contribution in [0.15, 0.2) is 30.3 Å². The number of hydrogen-bond donors (Lipinski definition) is 2. The number of alkyl carbamates (subject to hydrolysis) is 1. The number of benzene rings is 1. The molecule has 2 N–H and O–H groups in total. The number of carbonyl (C=O) groups excluding carboxylic acids is 1. The van der Waals surface area contributed by atoms with Crippen molar-refractivity contribution < 1.29 is 19.4 Å². The second-order valence-corrected chi connectivity index (χ2v) is 7.79. The van der Waals surface area contributed by atoms with E-state index in [1.54, 1.807) is 0 Å². The number of carboxylic acid groups (broad SMARTS) is 1. The lowest BCUT2D eigenvalue weighted by Crippen LogP contribution is -2.61. The first kappa shape index (κ1) is 15.5. The van der Waals surface area contributed by atoms with E-state index in [0.717, 1.165) is 24.8 Å². The van der Waals surface area contributed by atoms with E-state index in [4.69, 9.17) is 4.74 Å². The van der Waals surface area contributed by atoms with E-state index in [1.165, 1.54) is 0 Å². The maximum atomic E-state index is 12.2. The van der Waals surface area contributed by atoms with Crippen molar-refractivity contribution in [1.29, 1.82) is 0 Å². The zero-order valence-electron chi connectivity index (χ0n) is 13.6. The van der Waals surface area contributed by atoms with Gasteiger partial charge in [0.15, 0.2) is 0 Å². The highest BCUT2D eigenvalue weighted by molar-refractivity contribution is 5.75. The Bertz CT molecular complexity index is 628. The molecular weight excluding hydrogens is 306 g/mol. The average Bonchev–Trinajstić information content (AvgIpc) is 2.56. The number of carbonyl (C=O) groups is 2. The van der Waals surface area contributed by atoms with E-state index in [-0.39, 0.29) is 30.6 Å². The Hall–Kier alpha value is -2.04. The predicted octanol–water partition coefficient (Wildman–Crippen LogP) is 3.19. The molecule has 5 atom stereocenters. The highest BCUT2D eigenvalue weighted by atomic mass is 16.5. The summed E-state index contributed by atoms with van der Waals surface area (Å²) in [6.07, 6.45) is 3.89. The molecule has 4 fully saturated rings. The van der Waals surface area contributed by atoms with Crippen LogP contribution in [0.2, 0.25) is 0 Å². The molecule has 5 heteroatoms. The molecule has 24 heavy (non-hydrogen) atoms. The van der Waals surface area contributed by atoms with Crippen LogP contribution in [0, 0.1) is 23.2 Å². The number of hydrogen-bond acceptors (Lipinski definition) is 3. The van der Waals surface area contributed by atoms with Crippen LogP contribution in [-0.2, 0) is 16.1 Å². The third kappa shape index (κ3) is 2.66. The average molecular weight is 329 g/mol. The molecule has 4 bridgehead atoms. The molecule has 1 aromatic rings. The normalized spacial score (nSPS) is 36.3. The standard InChI is InChI=1S/C19H23NO4/c21-17(22)19-8-13-6-14(9-19)16(15(7-13)10-19)20-18(23)24-11-12-4-2-1-3-5-12/h1-5,13-16H,6-11H2,(H,20,23)(H,21,22)/t13-,14-,15+,16?,19?. The van der Waals surface area contributed by atoms with Crippen LogP contribution < -0.4 is 5.32 Å².